The zero-order valence-corrected chi connectivity index (χ0v) is 53.4. The van der Waals surface area contributed by atoms with Crippen LogP contribution in [-0.2, 0) is 28.6 Å². The molecule has 1 unspecified atom stereocenters. The van der Waals surface area contributed by atoms with Gasteiger partial charge in [0.15, 0.2) is 6.10 Å². The lowest BCUT2D eigenvalue weighted by Gasteiger charge is -2.18. The average molecular weight is 1110 g/mol. The van der Waals surface area contributed by atoms with Gasteiger partial charge in [0.25, 0.3) is 0 Å². The van der Waals surface area contributed by atoms with Crippen molar-refractivity contribution in [3.63, 3.8) is 0 Å². The molecule has 0 aromatic heterocycles. The maximum absolute atomic E-state index is 12.9. The van der Waals surface area contributed by atoms with Crippen LogP contribution in [0.25, 0.3) is 0 Å². The van der Waals surface area contributed by atoms with E-state index in [4.69, 9.17) is 14.2 Å². The first-order chi connectivity index (χ1) is 39.0. The van der Waals surface area contributed by atoms with E-state index < -0.39 is 6.10 Å². The SMILES string of the molecule is CCCCCCC/C=C\C/C=C\CCCCCCCCCCCCCCCCCCCCCC(=O)OCC(COC(=O)CCCCCCCCCCCCCCCC)OC(=O)CCCCCCC/C=C\CCCCCCCCC. The quantitative estimate of drug-likeness (QED) is 0.0261. The van der Waals surface area contributed by atoms with Crippen LogP contribution in [0.4, 0.5) is 0 Å². The van der Waals surface area contributed by atoms with Gasteiger partial charge in [0.2, 0.25) is 0 Å². The average Bonchev–Trinajstić information content (AvgIpc) is 3.45. The first-order valence-electron chi connectivity index (χ1n) is 35.5. The lowest BCUT2D eigenvalue weighted by molar-refractivity contribution is -0.167. The molecule has 0 saturated carbocycles. The van der Waals surface area contributed by atoms with E-state index in [2.05, 4.69) is 57.2 Å². The summed E-state index contributed by atoms with van der Waals surface area (Å²) in [5.74, 6) is -0.849. The van der Waals surface area contributed by atoms with Crippen LogP contribution in [0.3, 0.4) is 0 Å². The molecule has 0 radical (unpaired) electrons. The number of carbonyl (C=O) groups is 3. The van der Waals surface area contributed by atoms with Crippen molar-refractivity contribution in [2.45, 2.75) is 399 Å². The van der Waals surface area contributed by atoms with Crippen LogP contribution in [-0.4, -0.2) is 37.2 Å². The number of hydrogen-bond acceptors (Lipinski definition) is 6. The number of esters is 3. The highest BCUT2D eigenvalue weighted by atomic mass is 16.6. The van der Waals surface area contributed by atoms with Crippen molar-refractivity contribution in [2.75, 3.05) is 13.2 Å². The van der Waals surface area contributed by atoms with Crippen molar-refractivity contribution >= 4 is 17.9 Å². The van der Waals surface area contributed by atoms with E-state index >= 15 is 0 Å². The molecule has 0 spiro atoms. The predicted octanol–water partition coefficient (Wildman–Crippen LogP) is 24.3. The zero-order chi connectivity index (χ0) is 57.1. The van der Waals surface area contributed by atoms with Gasteiger partial charge in [0.05, 0.1) is 0 Å². The van der Waals surface area contributed by atoms with Gasteiger partial charge < -0.3 is 14.2 Å². The smallest absolute Gasteiger partial charge is 0.306 e. The minimum absolute atomic E-state index is 0.0693. The van der Waals surface area contributed by atoms with Crippen LogP contribution >= 0.6 is 0 Å². The maximum atomic E-state index is 12.9. The van der Waals surface area contributed by atoms with E-state index in [1.807, 2.05) is 0 Å². The topological polar surface area (TPSA) is 78.9 Å². The highest BCUT2D eigenvalue weighted by molar-refractivity contribution is 5.71. The van der Waals surface area contributed by atoms with Crippen LogP contribution in [0.1, 0.15) is 393 Å². The fourth-order valence-corrected chi connectivity index (χ4v) is 10.8. The molecule has 0 rings (SSSR count). The molecule has 0 fully saturated rings. The summed E-state index contributed by atoms with van der Waals surface area (Å²) in [6.45, 7) is 6.69. The molecule has 464 valence electrons. The summed E-state index contributed by atoms with van der Waals surface area (Å²) in [5, 5.41) is 0. The van der Waals surface area contributed by atoms with Gasteiger partial charge in [0, 0.05) is 19.3 Å². The van der Waals surface area contributed by atoms with Gasteiger partial charge in [-0.15, -0.1) is 0 Å². The Labute approximate surface area is 493 Å². The number of ether oxygens (including phenoxy) is 3. The third kappa shape index (κ3) is 66.3. The molecule has 0 N–H and O–H groups in total. The Morgan fingerprint density at radius 2 is 0.456 bits per heavy atom. The van der Waals surface area contributed by atoms with Crippen LogP contribution in [0.5, 0.6) is 0 Å². The molecule has 0 aromatic carbocycles. The summed E-state index contributed by atoms with van der Waals surface area (Å²) in [5.41, 5.74) is 0. The summed E-state index contributed by atoms with van der Waals surface area (Å²) >= 11 is 0. The molecule has 0 bridgehead atoms. The Bertz CT molecular complexity index is 1320. The lowest BCUT2D eigenvalue weighted by Crippen LogP contribution is -2.30. The van der Waals surface area contributed by atoms with Crippen molar-refractivity contribution in [3.05, 3.63) is 36.5 Å². The van der Waals surface area contributed by atoms with Crippen molar-refractivity contribution < 1.29 is 28.6 Å². The number of unbranched alkanes of at least 4 members (excludes halogenated alkanes) is 49. The Balaban J connectivity index is 4.15. The Morgan fingerprint density at radius 3 is 0.709 bits per heavy atom. The largest absolute Gasteiger partial charge is 0.462 e. The number of hydrogen-bond donors (Lipinski definition) is 0. The highest BCUT2D eigenvalue weighted by Crippen LogP contribution is 2.18. The van der Waals surface area contributed by atoms with Crippen molar-refractivity contribution in [1.82, 2.24) is 0 Å². The monoisotopic (exact) mass is 1110 g/mol. The molecule has 0 saturated heterocycles. The first-order valence-corrected chi connectivity index (χ1v) is 35.5. The van der Waals surface area contributed by atoms with Crippen LogP contribution < -0.4 is 0 Å². The van der Waals surface area contributed by atoms with E-state index in [-0.39, 0.29) is 31.1 Å². The van der Waals surface area contributed by atoms with Gasteiger partial charge in [-0.05, 0) is 77.0 Å². The predicted molar refractivity (Wildman–Crippen MR) is 344 cm³/mol. The minimum Gasteiger partial charge on any atom is -0.462 e. The van der Waals surface area contributed by atoms with E-state index in [9.17, 15) is 14.4 Å². The fourth-order valence-electron chi connectivity index (χ4n) is 10.8. The van der Waals surface area contributed by atoms with Crippen LogP contribution in [0.15, 0.2) is 36.5 Å². The van der Waals surface area contributed by atoms with Gasteiger partial charge in [-0.1, -0.05) is 333 Å². The fraction of sp³-hybridized carbons (Fsp3) is 0.877. The third-order valence-electron chi connectivity index (χ3n) is 16.1. The summed E-state index contributed by atoms with van der Waals surface area (Å²) in [6.07, 6.45) is 84.7. The summed E-state index contributed by atoms with van der Waals surface area (Å²) in [7, 11) is 0. The second-order valence-electron chi connectivity index (χ2n) is 24.1. The van der Waals surface area contributed by atoms with Crippen LogP contribution in [0, 0.1) is 0 Å². The molecule has 79 heavy (non-hydrogen) atoms. The number of rotatable bonds is 66. The first kappa shape index (κ1) is 76.6. The molecular formula is C73H136O6. The Kier molecular flexibility index (Phi) is 66.1. The molecule has 0 heterocycles. The zero-order valence-electron chi connectivity index (χ0n) is 53.4. The standard InChI is InChI=1S/C73H136O6/c1-4-7-10-13-16-19-22-25-28-30-31-32-33-34-35-36-37-38-39-40-41-42-43-44-46-48-51-54-57-60-63-66-72(75)78-69-70(68-77-71(74)65-62-59-56-53-50-47-27-24-21-18-15-12-9-6-3)79-73(76)67-64-61-58-55-52-49-45-29-26-23-20-17-14-11-8-5-2/h22,25,29-31,45,70H,4-21,23-24,26-28,32-44,46-69H2,1-3H3/b25-22-,31-30-,45-29-. The van der Waals surface area contributed by atoms with Gasteiger partial charge in [0.1, 0.15) is 13.2 Å². The van der Waals surface area contributed by atoms with Crippen molar-refractivity contribution in [1.29, 1.82) is 0 Å². The highest BCUT2D eigenvalue weighted by Gasteiger charge is 2.19. The normalized spacial score (nSPS) is 12.2. The molecular weight excluding hydrogens is 973 g/mol. The molecule has 0 amide bonds. The maximum Gasteiger partial charge on any atom is 0.306 e. The van der Waals surface area contributed by atoms with Gasteiger partial charge in [-0.25, -0.2) is 0 Å². The molecule has 0 aliphatic carbocycles. The Hall–Kier alpha value is -2.37. The number of allylic oxidation sites excluding steroid dienone is 6. The Morgan fingerprint density at radius 1 is 0.253 bits per heavy atom. The van der Waals surface area contributed by atoms with Gasteiger partial charge >= 0.3 is 17.9 Å². The molecule has 6 heteroatoms. The summed E-state index contributed by atoms with van der Waals surface area (Å²) < 4.78 is 17.0. The van der Waals surface area contributed by atoms with Crippen molar-refractivity contribution in [3.8, 4) is 0 Å². The summed E-state index contributed by atoms with van der Waals surface area (Å²) in [4.78, 5) is 38.4. The van der Waals surface area contributed by atoms with Gasteiger partial charge in [-0.3, -0.25) is 14.4 Å². The van der Waals surface area contributed by atoms with E-state index in [0.29, 0.717) is 19.3 Å². The second kappa shape index (κ2) is 68.1. The van der Waals surface area contributed by atoms with E-state index in [1.165, 1.54) is 283 Å². The molecule has 1 atom stereocenters. The minimum atomic E-state index is -0.773. The van der Waals surface area contributed by atoms with Gasteiger partial charge in [-0.2, -0.15) is 0 Å². The van der Waals surface area contributed by atoms with Crippen LogP contribution in [0.2, 0.25) is 0 Å². The third-order valence-corrected chi connectivity index (χ3v) is 16.1. The number of carbonyl (C=O) groups excluding carboxylic acids is 3. The van der Waals surface area contributed by atoms with E-state index in [1.54, 1.807) is 0 Å². The lowest BCUT2D eigenvalue weighted by atomic mass is 10.0. The molecule has 0 aromatic rings. The summed E-state index contributed by atoms with van der Waals surface area (Å²) in [6, 6.07) is 0. The van der Waals surface area contributed by atoms with E-state index in [0.717, 1.165) is 70.6 Å². The van der Waals surface area contributed by atoms with Crippen molar-refractivity contribution in [2.24, 2.45) is 0 Å². The molecule has 0 aliphatic heterocycles. The molecule has 0 aliphatic rings. The second-order valence-corrected chi connectivity index (χ2v) is 24.1. The molecule has 6 nitrogen and oxygen atoms in total.